The number of benzene rings is 1. The summed E-state index contributed by atoms with van der Waals surface area (Å²) in [5, 5.41) is 14.2. The lowest BCUT2D eigenvalue weighted by Crippen LogP contribution is -2.43. The van der Waals surface area contributed by atoms with Crippen LogP contribution in [0.25, 0.3) is 0 Å². The molecule has 0 unspecified atom stereocenters. The Morgan fingerprint density at radius 3 is 2.70 bits per heavy atom. The van der Waals surface area contributed by atoms with Crippen LogP contribution in [0.4, 0.5) is 5.95 Å². The molecule has 1 saturated heterocycles. The molecule has 2 heterocycles. The molecule has 1 fully saturated rings. The van der Waals surface area contributed by atoms with E-state index in [-0.39, 0.29) is 0 Å². The minimum Gasteiger partial charge on any atom is -0.491 e. The minimum atomic E-state index is -0.762. The molecule has 0 amide bonds. The molecule has 0 spiro atoms. The van der Waals surface area contributed by atoms with E-state index < -0.39 is 5.60 Å². The molecule has 0 bridgehead atoms. The van der Waals surface area contributed by atoms with E-state index in [0.29, 0.717) is 51.8 Å². The van der Waals surface area contributed by atoms with Crippen molar-refractivity contribution in [3.63, 3.8) is 0 Å². The largest absolute Gasteiger partial charge is 0.491 e. The first-order valence-corrected chi connectivity index (χ1v) is 9.43. The van der Waals surface area contributed by atoms with Crippen LogP contribution in [0, 0.1) is 0 Å². The van der Waals surface area contributed by atoms with Crippen molar-refractivity contribution in [2.75, 3.05) is 44.4 Å². The maximum Gasteiger partial charge on any atom is 0.225 e. The normalized spacial score (nSPS) is 19.4. The summed E-state index contributed by atoms with van der Waals surface area (Å²) >= 11 is 0. The molecule has 2 N–H and O–H groups in total. The Balaban J connectivity index is 1.40. The van der Waals surface area contributed by atoms with Crippen molar-refractivity contribution in [1.82, 2.24) is 15.3 Å². The number of aliphatic hydroxyl groups is 1. The molecule has 1 aromatic carbocycles. The van der Waals surface area contributed by atoms with Gasteiger partial charge >= 0.3 is 0 Å². The second-order valence-electron chi connectivity index (χ2n) is 6.74. The van der Waals surface area contributed by atoms with Gasteiger partial charge in [-0.3, -0.25) is 0 Å². The van der Waals surface area contributed by atoms with E-state index in [9.17, 15) is 5.11 Å². The van der Waals surface area contributed by atoms with Gasteiger partial charge in [0.05, 0.1) is 18.8 Å². The van der Waals surface area contributed by atoms with Crippen molar-refractivity contribution >= 4 is 5.95 Å². The van der Waals surface area contributed by atoms with Crippen molar-refractivity contribution in [3.8, 4) is 5.75 Å². The molecule has 0 saturated carbocycles. The zero-order valence-corrected chi connectivity index (χ0v) is 15.8. The maximum atomic E-state index is 10.8. The Hall–Kier alpha value is -2.22. The molecule has 0 aliphatic carbocycles. The Labute approximate surface area is 160 Å². The smallest absolute Gasteiger partial charge is 0.225 e. The number of rotatable bonds is 10. The fourth-order valence-electron chi connectivity index (χ4n) is 3.13. The standard InChI is InChI=1S/C20H28N4O3/c1-2-26-12-13-27-18-6-4-17(5-7-18)14-21-15-20(25)8-11-24(16-20)19-22-9-3-10-23-19/h3-7,9-10,21,25H,2,8,11-16H2,1H3/t20-/m1/s1. The molecule has 0 radical (unpaired) electrons. The number of hydrogen-bond acceptors (Lipinski definition) is 7. The molecule has 2 aromatic rings. The Morgan fingerprint density at radius 2 is 1.96 bits per heavy atom. The second-order valence-corrected chi connectivity index (χ2v) is 6.74. The molecular weight excluding hydrogens is 344 g/mol. The minimum absolute atomic E-state index is 0.531. The number of ether oxygens (including phenoxy) is 2. The van der Waals surface area contributed by atoms with Gasteiger partial charge in [-0.1, -0.05) is 12.1 Å². The van der Waals surface area contributed by atoms with Crippen LogP contribution in [0.2, 0.25) is 0 Å². The maximum absolute atomic E-state index is 10.8. The summed E-state index contributed by atoms with van der Waals surface area (Å²) in [6.45, 7) is 6.36. The highest BCUT2D eigenvalue weighted by molar-refractivity contribution is 5.32. The molecule has 27 heavy (non-hydrogen) atoms. The van der Waals surface area contributed by atoms with Gasteiger partial charge in [-0.05, 0) is 37.1 Å². The Kier molecular flexibility index (Phi) is 6.98. The first-order valence-electron chi connectivity index (χ1n) is 9.43. The van der Waals surface area contributed by atoms with Gasteiger partial charge in [-0.25, -0.2) is 9.97 Å². The van der Waals surface area contributed by atoms with E-state index in [1.54, 1.807) is 18.5 Å². The molecule has 1 aliphatic heterocycles. The van der Waals surface area contributed by atoms with Gasteiger partial charge in [-0.2, -0.15) is 0 Å². The third-order valence-electron chi connectivity index (χ3n) is 4.57. The molecule has 3 rings (SSSR count). The monoisotopic (exact) mass is 372 g/mol. The fraction of sp³-hybridized carbons (Fsp3) is 0.500. The third kappa shape index (κ3) is 5.89. The lowest BCUT2D eigenvalue weighted by atomic mass is 10.0. The van der Waals surface area contributed by atoms with Gasteiger partial charge in [-0.15, -0.1) is 0 Å². The zero-order valence-electron chi connectivity index (χ0n) is 15.8. The van der Waals surface area contributed by atoms with Crippen LogP contribution in [0.15, 0.2) is 42.7 Å². The van der Waals surface area contributed by atoms with Crippen molar-refractivity contribution in [2.45, 2.75) is 25.5 Å². The van der Waals surface area contributed by atoms with Crippen molar-refractivity contribution in [3.05, 3.63) is 48.3 Å². The van der Waals surface area contributed by atoms with E-state index in [4.69, 9.17) is 9.47 Å². The van der Waals surface area contributed by atoms with Crippen molar-refractivity contribution in [2.24, 2.45) is 0 Å². The van der Waals surface area contributed by atoms with Gasteiger partial charge in [0.2, 0.25) is 5.95 Å². The van der Waals surface area contributed by atoms with Gasteiger partial charge in [0, 0.05) is 38.6 Å². The number of anilines is 1. The third-order valence-corrected chi connectivity index (χ3v) is 4.57. The van der Waals surface area contributed by atoms with Gasteiger partial charge in [0.1, 0.15) is 12.4 Å². The second kappa shape index (κ2) is 9.64. The Morgan fingerprint density at radius 1 is 1.19 bits per heavy atom. The van der Waals surface area contributed by atoms with Crippen LogP contribution in [-0.2, 0) is 11.3 Å². The van der Waals surface area contributed by atoms with E-state index in [0.717, 1.165) is 17.9 Å². The first kappa shape index (κ1) is 19.5. The van der Waals surface area contributed by atoms with E-state index in [1.165, 1.54) is 0 Å². The zero-order chi connectivity index (χ0) is 19.0. The van der Waals surface area contributed by atoms with Crippen molar-refractivity contribution < 1.29 is 14.6 Å². The summed E-state index contributed by atoms with van der Waals surface area (Å²) in [5.74, 6) is 1.51. The lowest BCUT2D eigenvalue weighted by Gasteiger charge is -2.24. The number of nitrogens with zero attached hydrogens (tertiary/aromatic N) is 3. The molecule has 7 nitrogen and oxygen atoms in total. The molecule has 1 atom stereocenters. The van der Waals surface area contributed by atoms with Crippen LogP contribution < -0.4 is 15.0 Å². The molecule has 1 aromatic heterocycles. The van der Waals surface area contributed by atoms with Crippen LogP contribution in [0.3, 0.4) is 0 Å². The fourth-order valence-corrected chi connectivity index (χ4v) is 3.13. The van der Waals surface area contributed by atoms with Gasteiger partial charge < -0.3 is 24.8 Å². The number of nitrogens with one attached hydrogen (secondary N) is 1. The van der Waals surface area contributed by atoms with E-state index in [2.05, 4.69) is 15.3 Å². The predicted octanol–water partition coefficient (Wildman–Crippen LogP) is 1.62. The van der Waals surface area contributed by atoms with E-state index in [1.807, 2.05) is 36.1 Å². The van der Waals surface area contributed by atoms with Crippen molar-refractivity contribution in [1.29, 1.82) is 0 Å². The topological polar surface area (TPSA) is 79.7 Å². The lowest BCUT2D eigenvalue weighted by molar-refractivity contribution is 0.0626. The molecule has 146 valence electrons. The number of aromatic nitrogens is 2. The predicted molar refractivity (Wildman–Crippen MR) is 104 cm³/mol. The summed E-state index contributed by atoms with van der Waals surface area (Å²) in [6.07, 6.45) is 4.15. The van der Waals surface area contributed by atoms with Crippen LogP contribution in [0.1, 0.15) is 18.9 Å². The van der Waals surface area contributed by atoms with E-state index >= 15 is 0 Å². The average Bonchev–Trinajstić information content (AvgIpc) is 3.09. The average molecular weight is 372 g/mol. The first-order chi connectivity index (χ1) is 13.2. The summed E-state index contributed by atoms with van der Waals surface area (Å²) in [6, 6.07) is 9.78. The van der Waals surface area contributed by atoms with Crippen LogP contribution in [0.5, 0.6) is 5.75 Å². The Bertz CT molecular complexity index is 683. The SMILES string of the molecule is CCOCCOc1ccc(CNC[C@]2(O)CCN(c3ncccn3)C2)cc1. The molecular formula is C20H28N4O3. The highest BCUT2D eigenvalue weighted by Gasteiger charge is 2.36. The van der Waals surface area contributed by atoms with Crippen LogP contribution in [-0.4, -0.2) is 60.1 Å². The summed E-state index contributed by atoms with van der Waals surface area (Å²) in [4.78, 5) is 10.5. The quantitative estimate of drug-likeness (QED) is 0.614. The highest BCUT2D eigenvalue weighted by Crippen LogP contribution is 2.23. The number of β-amino-alcohol motifs (C(OH)–C–C–N with tert-alkyl or cyclic N) is 1. The summed E-state index contributed by atoms with van der Waals surface area (Å²) in [5.41, 5.74) is 0.388. The number of hydrogen-bond donors (Lipinski definition) is 2. The van der Waals surface area contributed by atoms with Gasteiger partial charge in [0.15, 0.2) is 0 Å². The highest BCUT2D eigenvalue weighted by atomic mass is 16.5. The summed E-state index contributed by atoms with van der Waals surface area (Å²) < 4.78 is 10.9. The summed E-state index contributed by atoms with van der Waals surface area (Å²) in [7, 11) is 0. The van der Waals surface area contributed by atoms with Gasteiger partial charge in [0.25, 0.3) is 0 Å². The van der Waals surface area contributed by atoms with Crippen LogP contribution >= 0.6 is 0 Å². The molecule has 1 aliphatic rings. The molecule has 7 heteroatoms.